The molecule has 0 saturated carbocycles. The Hall–Kier alpha value is -2.73. The predicted molar refractivity (Wildman–Crippen MR) is 98.6 cm³/mol. The van der Waals surface area contributed by atoms with Crippen LogP contribution in [0.3, 0.4) is 0 Å². The molecule has 0 spiro atoms. The van der Waals surface area contributed by atoms with Gasteiger partial charge in [0.25, 0.3) is 0 Å². The van der Waals surface area contributed by atoms with Gasteiger partial charge in [-0.25, -0.2) is 15.0 Å². The highest BCUT2D eigenvalue weighted by Crippen LogP contribution is 2.26. The van der Waals surface area contributed by atoms with E-state index in [-0.39, 0.29) is 0 Å². The summed E-state index contributed by atoms with van der Waals surface area (Å²) in [5.74, 6) is 1.54. The number of nitrogens with zero attached hydrogens (tertiary/aromatic N) is 3. The van der Waals surface area contributed by atoms with Crippen molar-refractivity contribution in [3.63, 3.8) is 0 Å². The van der Waals surface area contributed by atoms with Crippen LogP contribution in [0, 0.1) is 0 Å². The lowest BCUT2D eigenvalue weighted by molar-refractivity contribution is 1.11. The van der Waals surface area contributed by atoms with Gasteiger partial charge in [0.15, 0.2) is 5.65 Å². The van der Waals surface area contributed by atoms with Crippen molar-refractivity contribution in [1.29, 1.82) is 0 Å². The molecule has 0 aliphatic carbocycles. The van der Waals surface area contributed by atoms with Gasteiger partial charge in [0.2, 0.25) is 0 Å². The van der Waals surface area contributed by atoms with E-state index in [0.717, 1.165) is 27.2 Å². The molecule has 0 bridgehead atoms. The number of halogens is 1. The maximum Gasteiger partial charge on any atom is 0.178 e. The summed E-state index contributed by atoms with van der Waals surface area (Å²) in [6, 6.07) is 16.1. The minimum Gasteiger partial charge on any atom is -0.365 e. The smallest absolute Gasteiger partial charge is 0.178 e. The van der Waals surface area contributed by atoms with Crippen molar-refractivity contribution in [3.05, 3.63) is 71.0 Å². The third kappa shape index (κ3) is 3.00. The fraction of sp³-hybridized carbons (Fsp3) is 0.0556. The van der Waals surface area contributed by atoms with E-state index >= 15 is 0 Å². The highest BCUT2D eigenvalue weighted by molar-refractivity contribution is 9.10. The van der Waals surface area contributed by atoms with E-state index in [0.29, 0.717) is 12.2 Å². The molecule has 0 fully saturated rings. The first-order valence-electron chi connectivity index (χ1n) is 7.54. The number of nitrogens with one attached hydrogen (secondary N) is 2. The topological polar surface area (TPSA) is 66.5 Å². The molecule has 4 rings (SSSR count). The van der Waals surface area contributed by atoms with Crippen LogP contribution < -0.4 is 5.32 Å². The summed E-state index contributed by atoms with van der Waals surface area (Å²) in [5.41, 5.74) is 3.69. The molecule has 0 atom stereocenters. The number of benzene rings is 1. The summed E-state index contributed by atoms with van der Waals surface area (Å²) < 4.78 is 0.916. The van der Waals surface area contributed by atoms with E-state index in [4.69, 9.17) is 0 Å². The van der Waals surface area contributed by atoms with E-state index in [1.54, 1.807) is 12.4 Å². The Kier molecular flexibility index (Phi) is 3.96. The summed E-state index contributed by atoms with van der Waals surface area (Å²) in [6.45, 7) is 0.703. The summed E-state index contributed by atoms with van der Waals surface area (Å²) >= 11 is 3.43. The second-order valence-corrected chi connectivity index (χ2v) is 6.26. The van der Waals surface area contributed by atoms with Crippen LogP contribution in [-0.4, -0.2) is 19.9 Å². The van der Waals surface area contributed by atoms with Crippen molar-refractivity contribution >= 4 is 32.9 Å². The lowest BCUT2D eigenvalue weighted by Crippen LogP contribution is -2.03. The third-order valence-electron chi connectivity index (χ3n) is 3.67. The third-order valence-corrected chi connectivity index (χ3v) is 4.10. The van der Waals surface area contributed by atoms with Crippen LogP contribution in [0.2, 0.25) is 0 Å². The van der Waals surface area contributed by atoms with Crippen LogP contribution in [0.25, 0.3) is 22.6 Å². The molecule has 0 saturated heterocycles. The Bertz CT molecular complexity index is 981. The fourth-order valence-electron chi connectivity index (χ4n) is 2.52. The van der Waals surface area contributed by atoms with Crippen LogP contribution >= 0.6 is 15.9 Å². The summed E-state index contributed by atoms with van der Waals surface area (Å²) in [5, 5.41) is 3.38. The number of hydrogen-bond acceptors (Lipinski definition) is 4. The van der Waals surface area contributed by atoms with Crippen molar-refractivity contribution in [2.24, 2.45) is 0 Å². The van der Waals surface area contributed by atoms with E-state index in [2.05, 4.69) is 53.3 Å². The zero-order chi connectivity index (χ0) is 16.4. The molecule has 1 aromatic carbocycles. The van der Waals surface area contributed by atoms with Gasteiger partial charge >= 0.3 is 0 Å². The number of fused-ring (bicyclic) bond motifs is 1. The summed E-state index contributed by atoms with van der Waals surface area (Å²) in [6.07, 6.45) is 3.51. The largest absolute Gasteiger partial charge is 0.365 e. The number of anilines is 1. The Morgan fingerprint density at radius 3 is 2.79 bits per heavy atom. The Morgan fingerprint density at radius 2 is 1.92 bits per heavy atom. The van der Waals surface area contributed by atoms with Crippen LogP contribution in [0.1, 0.15) is 5.56 Å². The number of imidazole rings is 1. The normalized spacial score (nSPS) is 10.9. The minimum atomic E-state index is 0.686. The number of aromatic amines is 1. The van der Waals surface area contributed by atoms with E-state index in [9.17, 15) is 0 Å². The molecule has 6 heteroatoms. The molecule has 2 N–H and O–H groups in total. The first kappa shape index (κ1) is 14.8. The first-order chi connectivity index (χ1) is 11.8. The molecule has 3 heterocycles. The second kappa shape index (κ2) is 6.41. The maximum absolute atomic E-state index is 4.57. The summed E-state index contributed by atoms with van der Waals surface area (Å²) in [7, 11) is 0. The lowest BCUT2D eigenvalue weighted by Gasteiger charge is -2.09. The molecule has 4 aromatic rings. The van der Waals surface area contributed by atoms with Crippen LogP contribution in [0.5, 0.6) is 0 Å². The molecule has 3 aromatic heterocycles. The van der Waals surface area contributed by atoms with Crippen LogP contribution in [0.15, 0.2) is 65.4 Å². The highest BCUT2D eigenvalue weighted by atomic mass is 79.9. The quantitative estimate of drug-likeness (QED) is 0.551. The molecule has 5 nitrogen and oxygen atoms in total. The van der Waals surface area contributed by atoms with Crippen molar-refractivity contribution in [3.8, 4) is 11.4 Å². The van der Waals surface area contributed by atoms with Crippen molar-refractivity contribution in [2.45, 2.75) is 6.54 Å². The van der Waals surface area contributed by atoms with Gasteiger partial charge in [-0.05, 0) is 39.7 Å². The first-order valence-corrected chi connectivity index (χ1v) is 8.33. The minimum absolute atomic E-state index is 0.686. The Morgan fingerprint density at radius 1 is 1.04 bits per heavy atom. The van der Waals surface area contributed by atoms with Gasteiger partial charge < -0.3 is 10.3 Å². The van der Waals surface area contributed by atoms with Gasteiger partial charge in [-0.2, -0.15) is 0 Å². The number of rotatable bonds is 4. The number of pyridine rings is 2. The zero-order valence-electron chi connectivity index (χ0n) is 12.7. The number of aromatic nitrogens is 4. The molecule has 24 heavy (non-hydrogen) atoms. The van der Waals surface area contributed by atoms with Crippen molar-refractivity contribution < 1.29 is 0 Å². The molecule has 0 radical (unpaired) electrons. The van der Waals surface area contributed by atoms with Gasteiger partial charge in [0, 0.05) is 23.4 Å². The summed E-state index contributed by atoms with van der Waals surface area (Å²) in [4.78, 5) is 16.7. The predicted octanol–water partition coefficient (Wildman–Crippen LogP) is 4.39. The van der Waals surface area contributed by atoms with E-state index in [1.807, 2.05) is 36.4 Å². The maximum atomic E-state index is 4.57. The molecule has 0 aliphatic rings. The zero-order valence-corrected chi connectivity index (χ0v) is 14.3. The molecular weight excluding hydrogens is 366 g/mol. The second-order valence-electron chi connectivity index (χ2n) is 5.35. The Labute approximate surface area is 147 Å². The molecule has 0 amide bonds. The monoisotopic (exact) mass is 379 g/mol. The van der Waals surface area contributed by atoms with Crippen LogP contribution in [0.4, 0.5) is 5.82 Å². The molecule has 0 unspecified atom stereocenters. The molecule has 0 aliphatic heterocycles. The van der Waals surface area contributed by atoms with Gasteiger partial charge in [0.05, 0.1) is 11.1 Å². The fourth-order valence-corrected chi connectivity index (χ4v) is 2.85. The van der Waals surface area contributed by atoms with Crippen molar-refractivity contribution in [1.82, 2.24) is 19.9 Å². The lowest BCUT2D eigenvalue weighted by atomic mass is 10.2. The van der Waals surface area contributed by atoms with Gasteiger partial charge in [-0.1, -0.05) is 30.3 Å². The number of hydrogen-bond donors (Lipinski definition) is 2. The van der Waals surface area contributed by atoms with Crippen molar-refractivity contribution in [2.75, 3.05) is 5.32 Å². The highest BCUT2D eigenvalue weighted by Gasteiger charge is 2.11. The molecular formula is C18H14BrN5. The van der Waals surface area contributed by atoms with Crippen LogP contribution in [-0.2, 0) is 6.54 Å². The van der Waals surface area contributed by atoms with E-state index < -0.39 is 0 Å². The standard InChI is InChI=1S/C18H14BrN5/c19-13-9-15-18(22-11-13)24-17(23-15)14-7-4-8-20-16(14)21-10-12-5-2-1-3-6-12/h1-9,11H,10H2,(H,20,21)(H,22,23,24). The van der Waals surface area contributed by atoms with Gasteiger partial charge in [-0.15, -0.1) is 0 Å². The Balaban J connectivity index is 1.67. The molecule has 118 valence electrons. The average Bonchev–Trinajstić information content (AvgIpc) is 3.04. The number of H-pyrrole nitrogens is 1. The SMILES string of the molecule is Brc1cnc2nc(-c3cccnc3NCc3ccccc3)[nH]c2c1. The van der Waals surface area contributed by atoms with E-state index in [1.165, 1.54) is 5.56 Å². The van der Waals surface area contributed by atoms with Gasteiger partial charge in [-0.3, -0.25) is 0 Å². The average molecular weight is 380 g/mol. The van der Waals surface area contributed by atoms with Gasteiger partial charge in [0.1, 0.15) is 11.6 Å².